The van der Waals surface area contributed by atoms with Crippen LogP contribution in [0.2, 0.25) is 0 Å². The van der Waals surface area contributed by atoms with Crippen LogP contribution < -0.4 is 15.0 Å². The fourth-order valence-corrected chi connectivity index (χ4v) is 4.26. The molecule has 1 saturated carbocycles. The first-order chi connectivity index (χ1) is 14.1. The maximum absolute atomic E-state index is 12.9. The summed E-state index contributed by atoms with van der Waals surface area (Å²) in [7, 11) is 1.58. The lowest BCUT2D eigenvalue weighted by atomic mass is 9.96. The molecule has 1 unspecified atom stereocenters. The largest absolute Gasteiger partial charge is 0.495 e. The molecule has 4 rings (SSSR count). The number of rotatable bonds is 5. The third kappa shape index (κ3) is 4.38. The zero-order valence-corrected chi connectivity index (χ0v) is 17.0. The molecule has 1 aromatic rings. The van der Waals surface area contributed by atoms with Crippen LogP contribution in [0.1, 0.15) is 44.9 Å². The molecule has 1 aliphatic carbocycles. The first-order valence-electron chi connectivity index (χ1n) is 10.6. The fraction of sp³-hybridized carbons (Fsp3) is 0.591. The number of amides is 3. The van der Waals surface area contributed by atoms with E-state index in [0.717, 1.165) is 45.1 Å². The van der Waals surface area contributed by atoms with Crippen LogP contribution in [-0.2, 0) is 14.4 Å². The Morgan fingerprint density at radius 1 is 1.07 bits per heavy atom. The van der Waals surface area contributed by atoms with Gasteiger partial charge in [-0.15, -0.1) is 0 Å². The van der Waals surface area contributed by atoms with Crippen molar-refractivity contribution in [2.75, 3.05) is 37.0 Å². The number of ether oxygens (including phenoxy) is 1. The van der Waals surface area contributed by atoms with E-state index in [4.69, 9.17) is 4.74 Å². The van der Waals surface area contributed by atoms with E-state index in [1.54, 1.807) is 24.1 Å². The number of methoxy groups -OCH3 is 1. The average Bonchev–Trinajstić information content (AvgIpc) is 3.59. The van der Waals surface area contributed by atoms with Gasteiger partial charge < -0.3 is 19.9 Å². The molecule has 0 radical (unpaired) electrons. The monoisotopic (exact) mass is 399 g/mol. The highest BCUT2D eigenvalue weighted by atomic mass is 16.5. The van der Waals surface area contributed by atoms with Gasteiger partial charge in [-0.05, 0) is 56.7 Å². The van der Waals surface area contributed by atoms with Crippen molar-refractivity contribution in [2.45, 2.75) is 44.9 Å². The van der Waals surface area contributed by atoms with Crippen LogP contribution in [0.4, 0.5) is 11.4 Å². The summed E-state index contributed by atoms with van der Waals surface area (Å²) in [6, 6.07) is 5.40. The number of carbonyl (C=O) groups is 3. The third-order valence-corrected chi connectivity index (χ3v) is 6.09. The van der Waals surface area contributed by atoms with Gasteiger partial charge in [0, 0.05) is 37.7 Å². The molecule has 7 heteroatoms. The Bertz CT molecular complexity index is 805. The minimum Gasteiger partial charge on any atom is -0.495 e. The van der Waals surface area contributed by atoms with Crippen LogP contribution in [-0.4, -0.2) is 49.4 Å². The first-order valence-corrected chi connectivity index (χ1v) is 10.6. The predicted molar refractivity (Wildman–Crippen MR) is 110 cm³/mol. The Balaban J connectivity index is 1.45. The van der Waals surface area contributed by atoms with Crippen molar-refractivity contribution < 1.29 is 19.1 Å². The quantitative estimate of drug-likeness (QED) is 0.826. The number of nitrogens with one attached hydrogen (secondary N) is 1. The Morgan fingerprint density at radius 3 is 2.62 bits per heavy atom. The number of nitrogens with zero attached hydrogens (tertiary/aromatic N) is 2. The van der Waals surface area contributed by atoms with Gasteiger partial charge >= 0.3 is 0 Å². The molecule has 29 heavy (non-hydrogen) atoms. The van der Waals surface area contributed by atoms with E-state index >= 15 is 0 Å². The van der Waals surface area contributed by atoms with Gasteiger partial charge in [0.1, 0.15) is 5.75 Å². The van der Waals surface area contributed by atoms with E-state index in [2.05, 4.69) is 5.32 Å². The van der Waals surface area contributed by atoms with Gasteiger partial charge in [0.2, 0.25) is 17.7 Å². The zero-order valence-electron chi connectivity index (χ0n) is 17.0. The van der Waals surface area contributed by atoms with E-state index in [1.165, 1.54) is 0 Å². The van der Waals surface area contributed by atoms with Crippen LogP contribution in [0.3, 0.4) is 0 Å². The first kappa shape index (κ1) is 19.7. The number of hydrogen-bond donors (Lipinski definition) is 1. The van der Waals surface area contributed by atoms with Crippen LogP contribution in [0.25, 0.3) is 0 Å². The van der Waals surface area contributed by atoms with Crippen molar-refractivity contribution >= 4 is 29.1 Å². The highest BCUT2D eigenvalue weighted by Crippen LogP contribution is 2.35. The second-order valence-corrected chi connectivity index (χ2v) is 8.28. The Kier molecular flexibility index (Phi) is 5.74. The third-order valence-electron chi connectivity index (χ3n) is 6.09. The summed E-state index contributed by atoms with van der Waals surface area (Å²) >= 11 is 0. The summed E-state index contributed by atoms with van der Waals surface area (Å²) in [6.07, 6.45) is 6.00. The molecule has 3 amide bonds. The summed E-state index contributed by atoms with van der Waals surface area (Å²) in [6.45, 7) is 1.91. The van der Waals surface area contributed by atoms with E-state index < -0.39 is 0 Å². The Morgan fingerprint density at radius 2 is 1.90 bits per heavy atom. The lowest BCUT2D eigenvalue weighted by Gasteiger charge is -2.32. The van der Waals surface area contributed by atoms with E-state index in [0.29, 0.717) is 36.6 Å². The lowest BCUT2D eigenvalue weighted by molar-refractivity contribution is -0.135. The average molecular weight is 399 g/mol. The van der Waals surface area contributed by atoms with Crippen LogP contribution in [0, 0.1) is 11.8 Å². The number of carbonyl (C=O) groups excluding carboxylic acids is 3. The molecule has 2 aliphatic heterocycles. The van der Waals surface area contributed by atoms with Crippen LogP contribution >= 0.6 is 0 Å². The van der Waals surface area contributed by atoms with Crippen molar-refractivity contribution in [3.8, 4) is 5.75 Å². The predicted octanol–water partition coefficient (Wildman–Crippen LogP) is 2.80. The van der Waals surface area contributed by atoms with Crippen molar-refractivity contribution in [3.05, 3.63) is 18.2 Å². The van der Waals surface area contributed by atoms with Gasteiger partial charge in [-0.2, -0.15) is 0 Å². The zero-order chi connectivity index (χ0) is 20.4. The number of hydrogen-bond acceptors (Lipinski definition) is 4. The molecule has 2 saturated heterocycles. The molecule has 0 aromatic heterocycles. The molecule has 2 heterocycles. The maximum atomic E-state index is 12.9. The van der Waals surface area contributed by atoms with Crippen LogP contribution in [0.15, 0.2) is 18.2 Å². The number of anilines is 2. The van der Waals surface area contributed by atoms with Gasteiger partial charge in [0.05, 0.1) is 18.7 Å². The smallest absolute Gasteiger partial charge is 0.229 e. The van der Waals surface area contributed by atoms with E-state index in [-0.39, 0.29) is 29.6 Å². The fourth-order valence-electron chi connectivity index (χ4n) is 4.26. The SMILES string of the molecule is COc1ccc(NC(=O)C2CCCN(C(=O)C3CC3)C2)cc1N1CCCCC1=O. The van der Waals surface area contributed by atoms with Crippen molar-refractivity contribution in [3.63, 3.8) is 0 Å². The molecule has 7 nitrogen and oxygen atoms in total. The van der Waals surface area contributed by atoms with Gasteiger partial charge in [0.15, 0.2) is 0 Å². The van der Waals surface area contributed by atoms with E-state index in [1.807, 2.05) is 11.0 Å². The highest BCUT2D eigenvalue weighted by Gasteiger charge is 2.36. The van der Waals surface area contributed by atoms with E-state index in [9.17, 15) is 14.4 Å². The van der Waals surface area contributed by atoms with Gasteiger partial charge in [0.25, 0.3) is 0 Å². The molecular weight excluding hydrogens is 370 g/mol. The second-order valence-electron chi connectivity index (χ2n) is 8.28. The van der Waals surface area contributed by atoms with Crippen molar-refractivity contribution in [1.82, 2.24) is 4.90 Å². The molecule has 3 fully saturated rings. The lowest BCUT2D eigenvalue weighted by Crippen LogP contribution is -2.44. The van der Waals surface area contributed by atoms with Gasteiger partial charge in [-0.1, -0.05) is 0 Å². The molecule has 156 valence electrons. The molecular formula is C22H29N3O4. The number of likely N-dealkylation sites (tertiary alicyclic amines) is 1. The Hall–Kier alpha value is -2.57. The molecule has 0 spiro atoms. The second kappa shape index (κ2) is 8.43. The van der Waals surface area contributed by atoms with Gasteiger partial charge in [-0.25, -0.2) is 0 Å². The summed E-state index contributed by atoms with van der Waals surface area (Å²) < 4.78 is 5.44. The Labute approximate surface area is 171 Å². The molecule has 1 aromatic carbocycles. The topological polar surface area (TPSA) is 79.0 Å². The summed E-state index contributed by atoms with van der Waals surface area (Å²) in [5.74, 6) is 0.825. The summed E-state index contributed by atoms with van der Waals surface area (Å²) in [5, 5.41) is 2.99. The van der Waals surface area contributed by atoms with Crippen LogP contribution in [0.5, 0.6) is 5.75 Å². The molecule has 3 aliphatic rings. The summed E-state index contributed by atoms with van der Waals surface area (Å²) in [5.41, 5.74) is 1.35. The molecule has 0 bridgehead atoms. The summed E-state index contributed by atoms with van der Waals surface area (Å²) in [4.78, 5) is 41.2. The number of benzene rings is 1. The maximum Gasteiger partial charge on any atom is 0.229 e. The van der Waals surface area contributed by atoms with Crippen molar-refractivity contribution in [2.24, 2.45) is 11.8 Å². The molecule has 1 N–H and O–H groups in total. The minimum atomic E-state index is -0.200. The normalized spacial score (nSPS) is 22.4. The highest BCUT2D eigenvalue weighted by molar-refractivity contribution is 5.98. The standard InChI is InChI=1S/C22H29N3O4/c1-29-19-10-9-17(13-18(19)25-12-3-2-6-20(25)26)23-21(27)16-5-4-11-24(14-16)22(28)15-7-8-15/h9-10,13,15-16H,2-8,11-12,14H2,1H3,(H,23,27). The minimum absolute atomic E-state index is 0.0700. The van der Waals surface area contributed by atoms with Gasteiger partial charge in [-0.3, -0.25) is 14.4 Å². The van der Waals surface area contributed by atoms with Crippen molar-refractivity contribution in [1.29, 1.82) is 0 Å². The number of piperidine rings is 2. The molecule has 1 atom stereocenters.